The molecule has 0 fully saturated rings. The maximum Gasteiger partial charge on any atom is 0.227 e. The Morgan fingerprint density at radius 2 is 1.83 bits per heavy atom. The standard InChI is InChI=1S/C21H24O2/c1-4-17-9-8-10-18(13-17)14-20(23-15-16(2)3)21(22)19-11-6-5-7-12-19/h5-14,16H,4,15H2,1-3H3. The van der Waals surface area contributed by atoms with E-state index >= 15 is 0 Å². The third-order valence-corrected chi connectivity index (χ3v) is 3.49. The zero-order valence-corrected chi connectivity index (χ0v) is 14.1. The van der Waals surface area contributed by atoms with Gasteiger partial charge in [0.25, 0.3) is 0 Å². The molecular formula is C21H24O2. The van der Waals surface area contributed by atoms with Crippen LogP contribution in [0, 0.1) is 5.92 Å². The molecule has 2 aromatic carbocycles. The van der Waals surface area contributed by atoms with Crippen LogP contribution in [-0.4, -0.2) is 12.4 Å². The Labute approximate surface area is 138 Å². The highest BCUT2D eigenvalue weighted by molar-refractivity contribution is 6.09. The van der Waals surface area contributed by atoms with E-state index < -0.39 is 0 Å². The number of Topliss-reactive ketones (excluding diaryl/α,β-unsaturated/α-hetero) is 1. The monoisotopic (exact) mass is 308 g/mol. The van der Waals surface area contributed by atoms with Gasteiger partial charge in [-0.3, -0.25) is 4.79 Å². The molecule has 0 saturated carbocycles. The Hall–Kier alpha value is -2.35. The molecule has 2 nitrogen and oxygen atoms in total. The summed E-state index contributed by atoms with van der Waals surface area (Å²) >= 11 is 0. The summed E-state index contributed by atoms with van der Waals surface area (Å²) in [6, 6.07) is 17.5. The molecule has 0 atom stereocenters. The largest absolute Gasteiger partial charge is 0.489 e. The number of carbonyl (C=O) groups is 1. The summed E-state index contributed by atoms with van der Waals surface area (Å²) in [7, 11) is 0. The van der Waals surface area contributed by atoms with Crippen molar-refractivity contribution in [2.24, 2.45) is 5.92 Å². The maximum atomic E-state index is 12.7. The fraction of sp³-hybridized carbons (Fsp3) is 0.286. The van der Waals surface area contributed by atoms with Gasteiger partial charge in [0.1, 0.15) is 0 Å². The van der Waals surface area contributed by atoms with Crippen LogP contribution in [-0.2, 0) is 11.2 Å². The first-order valence-electron chi connectivity index (χ1n) is 8.13. The predicted molar refractivity (Wildman–Crippen MR) is 95.4 cm³/mol. The van der Waals surface area contributed by atoms with E-state index in [9.17, 15) is 4.79 Å². The van der Waals surface area contributed by atoms with Crippen LogP contribution < -0.4 is 0 Å². The SMILES string of the molecule is CCc1cccc(C=C(OCC(C)C)C(=O)c2ccccc2)c1. The summed E-state index contributed by atoms with van der Waals surface area (Å²) in [6.07, 6.45) is 2.81. The minimum absolute atomic E-state index is 0.0758. The molecule has 0 bridgehead atoms. The van der Waals surface area contributed by atoms with Crippen LogP contribution in [0.1, 0.15) is 42.3 Å². The molecule has 0 N–H and O–H groups in total. The summed E-state index contributed by atoms with van der Waals surface area (Å²) in [4.78, 5) is 12.7. The van der Waals surface area contributed by atoms with E-state index in [0.29, 0.717) is 23.8 Å². The van der Waals surface area contributed by atoms with Gasteiger partial charge in [0.15, 0.2) is 5.76 Å². The van der Waals surface area contributed by atoms with E-state index in [-0.39, 0.29) is 5.78 Å². The minimum Gasteiger partial charge on any atom is -0.489 e. The van der Waals surface area contributed by atoms with Crippen molar-refractivity contribution >= 4 is 11.9 Å². The third kappa shape index (κ3) is 5.10. The lowest BCUT2D eigenvalue weighted by Gasteiger charge is -2.12. The number of hydrogen-bond acceptors (Lipinski definition) is 2. The van der Waals surface area contributed by atoms with E-state index in [4.69, 9.17) is 4.74 Å². The molecule has 0 unspecified atom stereocenters. The summed E-state index contributed by atoms with van der Waals surface area (Å²) in [5.41, 5.74) is 2.88. The van der Waals surface area contributed by atoms with Crippen molar-refractivity contribution in [3.63, 3.8) is 0 Å². The summed E-state index contributed by atoms with van der Waals surface area (Å²) < 4.78 is 5.81. The molecule has 0 saturated heterocycles. The zero-order valence-electron chi connectivity index (χ0n) is 14.1. The van der Waals surface area contributed by atoms with Crippen LogP contribution >= 0.6 is 0 Å². The molecule has 0 aliphatic rings. The molecule has 0 aliphatic heterocycles. The number of aryl methyl sites for hydroxylation is 1. The first kappa shape index (κ1) is 17.0. The second-order valence-corrected chi connectivity index (χ2v) is 6.01. The number of ether oxygens (including phenoxy) is 1. The van der Waals surface area contributed by atoms with Crippen molar-refractivity contribution in [3.05, 3.63) is 77.0 Å². The Morgan fingerprint density at radius 1 is 1.09 bits per heavy atom. The van der Waals surface area contributed by atoms with Gasteiger partial charge in [-0.2, -0.15) is 0 Å². The number of ketones is 1. The van der Waals surface area contributed by atoms with Crippen molar-refractivity contribution in [1.29, 1.82) is 0 Å². The number of hydrogen-bond donors (Lipinski definition) is 0. The van der Waals surface area contributed by atoms with Crippen molar-refractivity contribution in [3.8, 4) is 0 Å². The Balaban J connectivity index is 2.32. The van der Waals surface area contributed by atoms with Gasteiger partial charge in [-0.05, 0) is 29.5 Å². The highest BCUT2D eigenvalue weighted by Crippen LogP contribution is 2.16. The van der Waals surface area contributed by atoms with Crippen LogP contribution in [0.2, 0.25) is 0 Å². The average molecular weight is 308 g/mol. The quantitative estimate of drug-likeness (QED) is 0.402. The van der Waals surface area contributed by atoms with Crippen LogP contribution in [0.5, 0.6) is 0 Å². The van der Waals surface area contributed by atoms with Crippen molar-refractivity contribution < 1.29 is 9.53 Å². The van der Waals surface area contributed by atoms with Crippen LogP contribution in [0.25, 0.3) is 6.08 Å². The van der Waals surface area contributed by atoms with Gasteiger partial charge in [-0.1, -0.05) is 75.4 Å². The van der Waals surface area contributed by atoms with E-state index in [0.717, 1.165) is 12.0 Å². The summed E-state index contributed by atoms with van der Waals surface area (Å²) in [5, 5.41) is 0. The molecule has 0 amide bonds. The number of benzene rings is 2. The molecule has 23 heavy (non-hydrogen) atoms. The molecular weight excluding hydrogens is 284 g/mol. The lowest BCUT2D eigenvalue weighted by atomic mass is 10.0. The molecule has 2 heteroatoms. The zero-order chi connectivity index (χ0) is 16.7. The van der Waals surface area contributed by atoms with Crippen molar-refractivity contribution in [1.82, 2.24) is 0 Å². The van der Waals surface area contributed by atoms with Crippen molar-refractivity contribution in [2.45, 2.75) is 27.2 Å². The van der Waals surface area contributed by atoms with Crippen LogP contribution in [0.3, 0.4) is 0 Å². The van der Waals surface area contributed by atoms with Gasteiger partial charge in [-0.25, -0.2) is 0 Å². The second kappa shape index (κ2) is 8.33. The van der Waals surface area contributed by atoms with Gasteiger partial charge in [0.05, 0.1) is 6.61 Å². The first-order valence-corrected chi connectivity index (χ1v) is 8.13. The molecule has 0 aromatic heterocycles. The Kier molecular flexibility index (Phi) is 6.16. The number of allylic oxidation sites excluding steroid dienone is 1. The lowest BCUT2D eigenvalue weighted by molar-refractivity contribution is 0.0900. The highest BCUT2D eigenvalue weighted by atomic mass is 16.5. The fourth-order valence-corrected chi connectivity index (χ4v) is 2.22. The van der Waals surface area contributed by atoms with E-state index in [1.54, 1.807) is 0 Å². The smallest absolute Gasteiger partial charge is 0.227 e. The fourth-order valence-electron chi connectivity index (χ4n) is 2.22. The van der Waals surface area contributed by atoms with Gasteiger partial charge in [-0.15, -0.1) is 0 Å². The van der Waals surface area contributed by atoms with E-state index in [1.807, 2.05) is 48.5 Å². The molecule has 120 valence electrons. The van der Waals surface area contributed by atoms with E-state index in [1.165, 1.54) is 5.56 Å². The second-order valence-electron chi connectivity index (χ2n) is 6.01. The Bertz CT molecular complexity index is 669. The number of carbonyl (C=O) groups excluding carboxylic acids is 1. The molecule has 2 rings (SSSR count). The van der Waals surface area contributed by atoms with Crippen LogP contribution in [0.4, 0.5) is 0 Å². The first-order chi connectivity index (χ1) is 11.1. The number of rotatable bonds is 7. The lowest BCUT2D eigenvalue weighted by Crippen LogP contribution is -2.10. The van der Waals surface area contributed by atoms with Gasteiger partial charge in [0.2, 0.25) is 5.78 Å². The average Bonchev–Trinajstić information content (AvgIpc) is 2.58. The molecule has 0 aliphatic carbocycles. The summed E-state index contributed by atoms with van der Waals surface area (Å²) in [5.74, 6) is 0.690. The predicted octanol–water partition coefficient (Wildman–Crippen LogP) is 5.15. The normalized spacial score (nSPS) is 11.6. The molecule has 0 heterocycles. The Morgan fingerprint density at radius 3 is 2.48 bits per heavy atom. The van der Waals surface area contributed by atoms with Gasteiger partial charge >= 0.3 is 0 Å². The molecule has 2 aromatic rings. The minimum atomic E-state index is -0.0758. The van der Waals surface area contributed by atoms with Crippen LogP contribution in [0.15, 0.2) is 60.4 Å². The molecule has 0 spiro atoms. The topological polar surface area (TPSA) is 26.3 Å². The summed E-state index contributed by atoms with van der Waals surface area (Å²) in [6.45, 7) is 6.79. The van der Waals surface area contributed by atoms with Gasteiger partial charge < -0.3 is 4.74 Å². The molecule has 0 radical (unpaired) electrons. The van der Waals surface area contributed by atoms with E-state index in [2.05, 4.69) is 32.9 Å². The van der Waals surface area contributed by atoms with Gasteiger partial charge in [0, 0.05) is 5.56 Å². The highest BCUT2D eigenvalue weighted by Gasteiger charge is 2.14. The van der Waals surface area contributed by atoms with Crippen molar-refractivity contribution in [2.75, 3.05) is 6.61 Å². The third-order valence-electron chi connectivity index (χ3n) is 3.49. The maximum absolute atomic E-state index is 12.7.